The number of nitrogens with one attached hydrogen (secondary N) is 1. The fraction of sp³-hybridized carbons (Fsp3) is 0.312. The summed E-state index contributed by atoms with van der Waals surface area (Å²) in [6.45, 7) is 3.43. The third-order valence-electron chi connectivity index (χ3n) is 3.50. The number of nitriles is 1. The molecule has 0 radical (unpaired) electrons. The lowest BCUT2D eigenvalue weighted by Gasteiger charge is -2.31. The van der Waals surface area contributed by atoms with Gasteiger partial charge in [0.1, 0.15) is 11.7 Å². The van der Waals surface area contributed by atoms with E-state index in [9.17, 15) is 10.1 Å². The van der Waals surface area contributed by atoms with Crippen LogP contribution in [0.5, 0.6) is 0 Å². The highest BCUT2D eigenvalue weighted by Crippen LogP contribution is 2.42. The second-order valence-corrected chi connectivity index (χ2v) is 5.75. The molecule has 1 aliphatic heterocycles. The van der Waals surface area contributed by atoms with E-state index < -0.39 is 17.8 Å². The number of hydrogen-bond acceptors (Lipinski definition) is 5. The quantitative estimate of drug-likeness (QED) is 0.831. The zero-order chi connectivity index (χ0) is 17.1. The van der Waals surface area contributed by atoms with E-state index in [4.69, 9.17) is 38.1 Å². The van der Waals surface area contributed by atoms with Crippen LogP contribution in [0, 0.1) is 22.7 Å². The zero-order valence-electron chi connectivity index (χ0n) is 12.5. The molecular weight excluding hydrogens is 339 g/mol. The molecule has 2 rings (SSSR count). The second-order valence-electron chi connectivity index (χ2n) is 4.91. The fourth-order valence-corrected chi connectivity index (χ4v) is 3.05. The Bertz CT molecular complexity index is 737. The summed E-state index contributed by atoms with van der Waals surface area (Å²) in [6.07, 6.45) is 0. The molecule has 1 aromatic carbocycles. The SMILES string of the molecule is CCOC(=O)C1=C(C)OC(=N)C(C#N)C1c1ccc(Cl)cc1Cl. The van der Waals surface area contributed by atoms with Crippen LogP contribution in [0.25, 0.3) is 0 Å². The molecule has 0 saturated heterocycles. The first-order valence-electron chi connectivity index (χ1n) is 6.89. The van der Waals surface area contributed by atoms with E-state index >= 15 is 0 Å². The smallest absolute Gasteiger partial charge is 0.338 e. The van der Waals surface area contributed by atoms with Crippen LogP contribution >= 0.6 is 23.2 Å². The summed E-state index contributed by atoms with van der Waals surface area (Å²) in [6, 6.07) is 6.80. The van der Waals surface area contributed by atoms with Gasteiger partial charge in [0, 0.05) is 16.0 Å². The van der Waals surface area contributed by atoms with Gasteiger partial charge in [-0.2, -0.15) is 5.26 Å². The number of hydrogen-bond donors (Lipinski definition) is 1. The first kappa shape index (κ1) is 17.3. The van der Waals surface area contributed by atoms with Gasteiger partial charge in [0.25, 0.3) is 0 Å². The van der Waals surface area contributed by atoms with Gasteiger partial charge in [-0.05, 0) is 31.5 Å². The average Bonchev–Trinajstić information content (AvgIpc) is 2.46. The van der Waals surface area contributed by atoms with E-state index in [1.807, 2.05) is 6.07 Å². The van der Waals surface area contributed by atoms with Crippen LogP contribution in [-0.2, 0) is 14.3 Å². The zero-order valence-corrected chi connectivity index (χ0v) is 14.0. The number of esters is 1. The Hall–Kier alpha value is -2.03. The van der Waals surface area contributed by atoms with Gasteiger partial charge in [-0.15, -0.1) is 0 Å². The van der Waals surface area contributed by atoms with Crippen LogP contribution in [-0.4, -0.2) is 18.5 Å². The van der Waals surface area contributed by atoms with E-state index in [-0.39, 0.29) is 23.8 Å². The van der Waals surface area contributed by atoms with Gasteiger partial charge in [-0.1, -0.05) is 29.3 Å². The van der Waals surface area contributed by atoms with Gasteiger partial charge in [0.05, 0.1) is 18.2 Å². The minimum absolute atomic E-state index is 0.186. The van der Waals surface area contributed by atoms with Crippen LogP contribution < -0.4 is 0 Å². The topological polar surface area (TPSA) is 83.2 Å². The van der Waals surface area contributed by atoms with Crippen molar-refractivity contribution in [3.8, 4) is 6.07 Å². The molecule has 1 N–H and O–H groups in total. The molecule has 120 valence electrons. The highest BCUT2D eigenvalue weighted by molar-refractivity contribution is 6.35. The maximum atomic E-state index is 12.3. The predicted molar refractivity (Wildman–Crippen MR) is 86.5 cm³/mol. The molecule has 1 aromatic rings. The molecule has 2 unspecified atom stereocenters. The van der Waals surface area contributed by atoms with Crippen molar-refractivity contribution < 1.29 is 14.3 Å². The maximum Gasteiger partial charge on any atom is 0.338 e. The normalized spacial score (nSPS) is 20.7. The molecule has 0 bridgehead atoms. The summed E-state index contributed by atoms with van der Waals surface area (Å²) < 4.78 is 10.3. The number of nitrogens with zero attached hydrogens (tertiary/aromatic N) is 1. The van der Waals surface area contributed by atoms with E-state index in [1.165, 1.54) is 6.07 Å². The third kappa shape index (κ3) is 3.34. The fourth-order valence-electron chi connectivity index (χ4n) is 2.52. The van der Waals surface area contributed by atoms with Crippen molar-refractivity contribution in [3.63, 3.8) is 0 Å². The number of benzene rings is 1. The number of allylic oxidation sites excluding steroid dienone is 1. The highest BCUT2D eigenvalue weighted by atomic mass is 35.5. The van der Waals surface area contributed by atoms with E-state index in [0.717, 1.165) is 0 Å². The first-order chi connectivity index (χ1) is 10.9. The number of halogens is 2. The Morgan fingerprint density at radius 2 is 2.17 bits per heavy atom. The van der Waals surface area contributed by atoms with Crippen LogP contribution in [0.15, 0.2) is 29.5 Å². The third-order valence-corrected chi connectivity index (χ3v) is 4.06. The summed E-state index contributed by atoms with van der Waals surface area (Å²) in [5.41, 5.74) is 0.719. The van der Waals surface area contributed by atoms with Crippen molar-refractivity contribution in [1.82, 2.24) is 0 Å². The van der Waals surface area contributed by atoms with Gasteiger partial charge < -0.3 is 9.47 Å². The van der Waals surface area contributed by atoms with Gasteiger partial charge in [0.15, 0.2) is 0 Å². The molecule has 0 aromatic heterocycles. The van der Waals surface area contributed by atoms with Crippen molar-refractivity contribution in [2.24, 2.45) is 5.92 Å². The Balaban J connectivity index is 2.65. The Kier molecular flexibility index (Phi) is 5.30. The van der Waals surface area contributed by atoms with E-state index in [0.29, 0.717) is 15.6 Å². The predicted octanol–water partition coefficient (Wildman–Crippen LogP) is 4.06. The number of carbonyl (C=O) groups excluding carboxylic acids is 1. The van der Waals surface area contributed by atoms with Crippen LogP contribution in [0.2, 0.25) is 10.0 Å². The molecule has 2 atom stereocenters. The molecule has 0 fully saturated rings. The Morgan fingerprint density at radius 3 is 2.74 bits per heavy atom. The summed E-state index contributed by atoms with van der Waals surface area (Å²) >= 11 is 12.2. The Labute approximate surface area is 143 Å². The summed E-state index contributed by atoms with van der Waals surface area (Å²) in [7, 11) is 0. The summed E-state index contributed by atoms with van der Waals surface area (Å²) in [4.78, 5) is 12.3. The monoisotopic (exact) mass is 352 g/mol. The minimum atomic E-state index is -0.975. The molecule has 23 heavy (non-hydrogen) atoms. The molecule has 7 heteroatoms. The molecule has 0 spiro atoms. The van der Waals surface area contributed by atoms with Gasteiger partial charge in [0.2, 0.25) is 5.90 Å². The van der Waals surface area contributed by atoms with Crippen molar-refractivity contribution >= 4 is 35.1 Å². The van der Waals surface area contributed by atoms with Crippen LogP contribution in [0.3, 0.4) is 0 Å². The minimum Gasteiger partial charge on any atom is -0.463 e. The van der Waals surface area contributed by atoms with E-state index in [2.05, 4.69) is 0 Å². The van der Waals surface area contributed by atoms with Gasteiger partial charge >= 0.3 is 5.97 Å². The number of carbonyl (C=O) groups is 1. The second kappa shape index (κ2) is 7.03. The van der Waals surface area contributed by atoms with Crippen LogP contribution in [0.4, 0.5) is 0 Å². The number of rotatable bonds is 3. The Morgan fingerprint density at radius 1 is 1.48 bits per heavy atom. The van der Waals surface area contributed by atoms with Crippen molar-refractivity contribution in [3.05, 3.63) is 45.1 Å². The number of ether oxygens (including phenoxy) is 2. The average molecular weight is 353 g/mol. The molecule has 0 amide bonds. The molecule has 0 saturated carbocycles. The van der Waals surface area contributed by atoms with Crippen molar-refractivity contribution in [2.75, 3.05) is 6.61 Å². The first-order valence-corrected chi connectivity index (χ1v) is 7.65. The maximum absolute atomic E-state index is 12.3. The van der Waals surface area contributed by atoms with Gasteiger partial charge in [-0.3, -0.25) is 5.41 Å². The van der Waals surface area contributed by atoms with Crippen molar-refractivity contribution in [2.45, 2.75) is 19.8 Å². The molecule has 1 aliphatic rings. The van der Waals surface area contributed by atoms with Crippen molar-refractivity contribution in [1.29, 1.82) is 10.7 Å². The summed E-state index contributed by atoms with van der Waals surface area (Å²) in [5.74, 6) is -2.30. The van der Waals surface area contributed by atoms with Gasteiger partial charge in [-0.25, -0.2) is 4.79 Å². The molecule has 5 nitrogen and oxygen atoms in total. The van der Waals surface area contributed by atoms with Crippen LogP contribution in [0.1, 0.15) is 25.3 Å². The lowest BCUT2D eigenvalue weighted by Crippen LogP contribution is -2.33. The largest absolute Gasteiger partial charge is 0.463 e. The lowest BCUT2D eigenvalue weighted by molar-refractivity contribution is -0.139. The highest BCUT2D eigenvalue weighted by Gasteiger charge is 2.42. The summed E-state index contributed by atoms with van der Waals surface area (Å²) in [5, 5.41) is 18.1. The molecular formula is C16H14Cl2N2O3. The molecule has 1 heterocycles. The standard InChI is InChI=1S/C16H14Cl2N2O3/c1-3-22-16(21)13-8(2)23-15(20)11(7-19)14(13)10-5-4-9(17)6-12(10)18/h4-6,11,14,20H,3H2,1-2H3. The lowest BCUT2D eigenvalue weighted by atomic mass is 9.78. The van der Waals surface area contributed by atoms with E-state index in [1.54, 1.807) is 26.0 Å². The molecule has 0 aliphatic carbocycles.